The van der Waals surface area contributed by atoms with Gasteiger partial charge in [-0.1, -0.05) is 13.8 Å². The molecule has 1 aromatic rings. The molecule has 0 saturated heterocycles. The molecule has 1 aromatic heterocycles. The number of aryl methyl sites for hydroxylation is 1. The van der Waals surface area contributed by atoms with Gasteiger partial charge in [0.05, 0.1) is 11.5 Å². The van der Waals surface area contributed by atoms with Crippen molar-refractivity contribution < 1.29 is 14.7 Å². The van der Waals surface area contributed by atoms with Gasteiger partial charge in [-0.25, -0.2) is 0 Å². The molecular weight excluding hydrogens is 260 g/mol. The molecule has 7 heteroatoms. The van der Waals surface area contributed by atoms with Crippen LogP contribution in [-0.4, -0.2) is 31.7 Å². The zero-order valence-electron chi connectivity index (χ0n) is 12.5. The monoisotopic (exact) mass is 282 g/mol. The Bertz CT molecular complexity index is 498. The molecule has 112 valence electrons. The quantitative estimate of drug-likeness (QED) is 0.815. The predicted molar refractivity (Wildman–Crippen MR) is 72.8 cm³/mol. The maximum Gasteiger partial charge on any atom is 0.310 e. The lowest BCUT2D eigenvalue weighted by atomic mass is 9.76. The third-order valence-electron chi connectivity index (χ3n) is 3.80. The first kappa shape index (κ1) is 16.1. The predicted octanol–water partition coefficient (Wildman–Crippen LogP) is 1.13. The number of carboxylic acid groups (broad SMARTS) is 1. The highest BCUT2D eigenvalue weighted by Gasteiger charge is 2.39. The number of rotatable bonds is 6. The minimum Gasteiger partial charge on any atom is -0.481 e. The summed E-state index contributed by atoms with van der Waals surface area (Å²) in [5.41, 5.74) is -1.08. The van der Waals surface area contributed by atoms with Crippen molar-refractivity contribution in [3.8, 4) is 0 Å². The number of carboxylic acids is 1. The first-order valence-corrected chi connectivity index (χ1v) is 6.55. The number of aromatic nitrogens is 3. The van der Waals surface area contributed by atoms with Crippen LogP contribution in [0.25, 0.3) is 0 Å². The summed E-state index contributed by atoms with van der Waals surface area (Å²) in [6, 6.07) is -0.319. The Morgan fingerprint density at radius 2 is 2.05 bits per heavy atom. The van der Waals surface area contributed by atoms with Crippen molar-refractivity contribution in [2.24, 2.45) is 18.4 Å². The van der Waals surface area contributed by atoms with Gasteiger partial charge < -0.3 is 15.0 Å². The maximum absolute atomic E-state index is 12.1. The van der Waals surface area contributed by atoms with Crippen molar-refractivity contribution in [2.75, 3.05) is 0 Å². The largest absolute Gasteiger partial charge is 0.481 e. The molecule has 7 nitrogen and oxygen atoms in total. The lowest BCUT2D eigenvalue weighted by Crippen LogP contribution is -2.40. The van der Waals surface area contributed by atoms with Crippen molar-refractivity contribution in [2.45, 2.75) is 40.2 Å². The van der Waals surface area contributed by atoms with Gasteiger partial charge in [0.1, 0.15) is 6.33 Å². The minimum atomic E-state index is -1.08. The number of aliphatic carboxylic acids is 1. The SMILES string of the molecule is CC(NC(=O)CC(C)(C(=O)O)C(C)C)c1nncn1C. The molecular formula is C13H22N4O3. The van der Waals surface area contributed by atoms with E-state index in [1.54, 1.807) is 45.6 Å². The van der Waals surface area contributed by atoms with Crippen LogP contribution in [-0.2, 0) is 16.6 Å². The second kappa shape index (κ2) is 6.02. The molecule has 20 heavy (non-hydrogen) atoms. The maximum atomic E-state index is 12.1. The highest BCUT2D eigenvalue weighted by atomic mass is 16.4. The van der Waals surface area contributed by atoms with E-state index in [4.69, 9.17) is 0 Å². The Balaban J connectivity index is 2.73. The van der Waals surface area contributed by atoms with Gasteiger partial charge in [-0.15, -0.1) is 10.2 Å². The Labute approximate surface area is 118 Å². The van der Waals surface area contributed by atoms with Crippen LogP contribution in [0.15, 0.2) is 6.33 Å². The average molecular weight is 282 g/mol. The fourth-order valence-corrected chi connectivity index (χ4v) is 1.90. The van der Waals surface area contributed by atoms with E-state index in [2.05, 4.69) is 15.5 Å². The second-order valence-corrected chi connectivity index (χ2v) is 5.64. The van der Waals surface area contributed by atoms with Crippen molar-refractivity contribution in [3.63, 3.8) is 0 Å². The molecule has 2 unspecified atom stereocenters. The Morgan fingerprint density at radius 3 is 2.45 bits per heavy atom. The lowest BCUT2D eigenvalue weighted by Gasteiger charge is -2.28. The van der Waals surface area contributed by atoms with Gasteiger partial charge in [0, 0.05) is 13.5 Å². The molecule has 0 saturated carbocycles. The van der Waals surface area contributed by atoms with Crippen molar-refractivity contribution >= 4 is 11.9 Å². The van der Waals surface area contributed by atoms with E-state index in [9.17, 15) is 14.7 Å². The van der Waals surface area contributed by atoms with Crippen LogP contribution in [0.4, 0.5) is 0 Å². The molecule has 2 N–H and O–H groups in total. The first-order chi connectivity index (χ1) is 9.18. The molecule has 0 aliphatic rings. The molecule has 2 atom stereocenters. The van der Waals surface area contributed by atoms with Crippen LogP contribution in [0, 0.1) is 11.3 Å². The van der Waals surface area contributed by atoms with Crippen LogP contribution in [0.1, 0.15) is 46.0 Å². The third kappa shape index (κ3) is 3.34. The van der Waals surface area contributed by atoms with Crippen molar-refractivity contribution in [1.82, 2.24) is 20.1 Å². The third-order valence-corrected chi connectivity index (χ3v) is 3.80. The number of nitrogens with one attached hydrogen (secondary N) is 1. The van der Waals surface area contributed by atoms with Gasteiger partial charge in [0.25, 0.3) is 0 Å². The summed E-state index contributed by atoms with van der Waals surface area (Å²) >= 11 is 0. The molecule has 0 radical (unpaired) electrons. The van der Waals surface area contributed by atoms with E-state index in [-0.39, 0.29) is 24.3 Å². The summed E-state index contributed by atoms with van der Waals surface area (Å²) in [5.74, 6) is -0.788. The zero-order chi connectivity index (χ0) is 15.5. The molecule has 0 aliphatic heterocycles. The Kier molecular flexibility index (Phi) is 4.86. The molecule has 0 aliphatic carbocycles. The number of hydrogen-bond donors (Lipinski definition) is 2. The van der Waals surface area contributed by atoms with Gasteiger partial charge >= 0.3 is 5.97 Å². The standard InChI is InChI=1S/C13H22N4O3/c1-8(2)13(4,12(19)20)6-10(18)15-9(3)11-16-14-7-17(11)5/h7-9H,6H2,1-5H3,(H,15,18)(H,19,20). The molecule has 1 heterocycles. The van der Waals surface area contributed by atoms with E-state index < -0.39 is 11.4 Å². The summed E-state index contributed by atoms with van der Waals surface area (Å²) in [6.07, 6.45) is 1.48. The van der Waals surface area contributed by atoms with Crippen molar-refractivity contribution in [1.29, 1.82) is 0 Å². The fourth-order valence-electron chi connectivity index (χ4n) is 1.90. The van der Waals surface area contributed by atoms with E-state index >= 15 is 0 Å². The topological polar surface area (TPSA) is 97.1 Å². The van der Waals surface area contributed by atoms with Crippen LogP contribution in [0.5, 0.6) is 0 Å². The molecule has 0 spiro atoms. The second-order valence-electron chi connectivity index (χ2n) is 5.64. The van der Waals surface area contributed by atoms with E-state index in [0.717, 1.165) is 0 Å². The number of amides is 1. The van der Waals surface area contributed by atoms with Crippen molar-refractivity contribution in [3.05, 3.63) is 12.2 Å². The number of hydrogen-bond acceptors (Lipinski definition) is 4. The summed E-state index contributed by atoms with van der Waals surface area (Å²) in [4.78, 5) is 23.4. The van der Waals surface area contributed by atoms with Crippen LogP contribution < -0.4 is 5.32 Å². The van der Waals surface area contributed by atoms with E-state index in [0.29, 0.717) is 5.82 Å². The molecule has 1 amide bonds. The lowest BCUT2D eigenvalue weighted by molar-refractivity contribution is -0.153. The van der Waals surface area contributed by atoms with Gasteiger partial charge in [0.2, 0.25) is 5.91 Å². The first-order valence-electron chi connectivity index (χ1n) is 6.55. The van der Waals surface area contributed by atoms with Gasteiger partial charge in [-0.05, 0) is 19.8 Å². The number of carbonyl (C=O) groups excluding carboxylic acids is 1. The molecule has 1 rings (SSSR count). The molecule has 0 bridgehead atoms. The Morgan fingerprint density at radius 1 is 1.45 bits per heavy atom. The van der Waals surface area contributed by atoms with Crippen LogP contribution in [0.3, 0.4) is 0 Å². The summed E-state index contributed by atoms with van der Waals surface area (Å²) in [5, 5.41) is 19.7. The van der Waals surface area contributed by atoms with Crippen LogP contribution in [0.2, 0.25) is 0 Å². The summed E-state index contributed by atoms with van der Waals surface area (Å²) in [6.45, 7) is 6.98. The molecule has 0 fully saturated rings. The van der Waals surface area contributed by atoms with E-state index in [1.165, 1.54) is 0 Å². The molecule has 0 aromatic carbocycles. The van der Waals surface area contributed by atoms with Gasteiger partial charge in [0.15, 0.2) is 5.82 Å². The Hall–Kier alpha value is -1.92. The summed E-state index contributed by atoms with van der Waals surface area (Å²) in [7, 11) is 1.79. The number of nitrogens with zero attached hydrogens (tertiary/aromatic N) is 3. The zero-order valence-corrected chi connectivity index (χ0v) is 12.5. The summed E-state index contributed by atoms with van der Waals surface area (Å²) < 4.78 is 1.71. The smallest absolute Gasteiger partial charge is 0.310 e. The fraction of sp³-hybridized carbons (Fsp3) is 0.692. The normalized spacial score (nSPS) is 15.7. The number of carbonyl (C=O) groups is 2. The average Bonchev–Trinajstić information content (AvgIpc) is 2.74. The van der Waals surface area contributed by atoms with Gasteiger partial charge in [-0.2, -0.15) is 0 Å². The van der Waals surface area contributed by atoms with Crippen LogP contribution >= 0.6 is 0 Å². The highest BCUT2D eigenvalue weighted by Crippen LogP contribution is 2.31. The van der Waals surface area contributed by atoms with E-state index in [1.807, 2.05) is 0 Å². The van der Waals surface area contributed by atoms with Gasteiger partial charge in [-0.3, -0.25) is 9.59 Å². The minimum absolute atomic E-state index is 0.0673. The highest BCUT2D eigenvalue weighted by molar-refractivity contribution is 5.85.